The van der Waals surface area contributed by atoms with E-state index in [-0.39, 0.29) is 24.1 Å². The van der Waals surface area contributed by atoms with E-state index < -0.39 is 11.7 Å². The maximum Gasteiger partial charge on any atom is 0.314 e. The number of benzene rings is 3. The molecule has 0 fully saturated rings. The van der Waals surface area contributed by atoms with E-state index in [1.54, 1.807) is 12.1 Å². The monoisotopic (exact) mass is 468 g/mol. The largest absolute Gasteiger partial charge is 0.460 e. The summed E-state index contributed by atoms with van der Waals surface area (Å²) in [5, 5.41) is 4.62. The van der Waals surface area contributed by atoms with Crippen LogP contribution in [0.5, 0.6) is 11.5 Å². The maximum absolute atomic E-state index is 14.4. The van der Waals surface area contributed by atoms with Gasteiger partial charge < -0.3 is 9.47 Å². The molecule has 0 aliphatic rings. The molecule has 1 heterocycles. The Balaban J connectivity index is 1.52. The van der Waals surface area contributed by atoms with E-state index in [1.807, 2.05) is 67.8 Å². The quantitative estimate of drug-likeness (QED) is 0.258. The first-order chi connectivity index (χ1) is 15.4. The molecule has 4 aromatic rings. The van der Waals surface area contributed by atoms with Crippen LogP contribution in [0, 0.1) is 11.7 Å². The molecule has 164 valence electrons. The van der Waals surface area contributed by atoms with Crippen molar-refractivity contribution in [2.75, 3.05) is 0 Å². The number of halogens is 2. The summed E-state index contributed by atoms with van der Waals surface area (Å²) in [5.41, 5.74) is 0.261. The second-order valence-corrected chi connectivity index (χ2v) is 9.18. The zero-order valence-electron chi connectivity index (χ0n) is 17.7. The van der Waals surface area contributed by atoms with Crippen molar-refractivity contribution in [3.05, 3.63) is 93.4 Å². The van der Waals surface area contributed by atoms with Crippen molar-refractivity contribution >= 4 is 39.7 Å². The maximum atomic E-state index is 14.4. The zero-order valence-corrected chi connectivity index (χ0v) is 19.3. The molecule has 0 aliphatic heterocycles. The number of carbonyl (C=O) groups is 1. The number of rotatable bonds is 7. The number of para-hydroxylation sites is 1. The second-order valence-electron chi connectivity index (χ2n) is 7.83. The van der Waals surface area contributed by atoms with E-state index >= 15 is 0 Å². The van der Waals surface area contributed by atoms with Crippen LogP contribution in [0.15, 0.2) is 72.1 Å². The number of hydrogen-bond acceptors (Lipinski definition) is 4. The lowest BCUT2D eigenvalue weighted by atomic mass is 9.92. The molecule has 1 atom stereocenters. The summed E-state index contributed by atoms with van der Waals surface area (Å²) in [7, 11) is 0. The molecule has 1 aromatic heterocycles. The van der Waals surface area contributed by atoms with Crippen LogP contribution in [0.1, 0.15) is 30.2 Å². The van der Waals surface area contributed by atoms with Gasteiger partial charge in [-0.2, -0.15) is 0 Å². The van der Waals surface area contributed by atoms with Crippen molar-refractivity contribution in [2.24, 2.45) is 5.92 Å². The van der Waals surface area contributed by atoms with Gasteiger partial charge in [0.25, 0.3) is 0 Å². The smallest absolute Gasteiger partial charge is 0.314 e. The van der Waals surface area contributed by atoms with Gasteiger partial charge in [0, 0.05) is 15.5 Å². The van der Waals surface area contributed by atoms with E-state index in [1.165, 1.54) is 17.4 Å². The second kappa shape index (κ2) is 9.72. The number of fused-ring (bicyclic) bond motifs is 1. The Hall–Kier alpha value is -2.89. The van der Waals surface area contributed by atoms with Gasteiger partial charge in [-0.05, 0) is 64.5 Å². The van der Waals surface area contributed by atoms with E-state index in [0.717, 1.165) is 15.6 Å². The van der Waals surface area contributed by atoms with Crippen LogP contribution in [0.25, 0.3) is 10.8 Å². The average molecular weight is 469 g/mol. The lowest BCUT2D eigenvalue weighted by molar-refractivity contribution is -0.147. The van der Waals surface area contributed by atoms with Gasteiger partial charge in [-0.3, -0.25) is 4.79 Å². The molecule has 32 heavy (non-hydrogen) atoms. The molecular formula is C26H22ClFO3S. The van der Waals surface area contributed by atoms with Gasteiger partial charge in [0.05, 0.1) is 5.92 Å². The molecule has 3 nitrogen and oxygen atoms in total. The standard InChI is InChI=1S/C26H22ClFO3S/c1-16(2)24(25-22-10-8-19(27)12-18(22)15-32-25)26(29)30-14-17-13-21(9-11-23(17)28)31-20-6-4-3-5-7-20/h3-13,15-16,24H,14H2,1-2H3. The zero-order chi connectivity index (χ0) is 22.7. The molecule has 0 spiro atoms. The molecule has 0 aliphatic carbocycles. The third-order valence-electron chi connectivity index (χ3n) is 5.16. The van der Waals surface area contributed by atoms with Crippen molar-refractivity contribution in [1.29, 1.82) is 0 Å². The van der Waals surface area contributed by atoms with Gasteiger partial charge in [-0.15, -0.1) is 11.3 Å². The van der Waals surface area contributed by atoms with E-state index in [4.69, 9.17) is 21.1 Å². The number of esters is 1. The molecule has 0 saturated carbocycles. The topological polar surface area (TPSA) is 35.5 Å². The number of ether oxygens (including phenoxy) is 2. The number of hydrogen-bond donors (Lipinski definition) is 0. The molecule has 6 heteroatoms. The average Bonchev–Trinajstić information content (AvgIpc) is 3.17. The van der Waals surface area contributed by atoms with Crippen molar-refractivity contribution in [1.82, 2.24) is 0 Å². The van der Waals surface area contributed by atoms with E-state index in [2.05, 4.69) is 0 Å². The fourth-order valence-corrected chi connectivity index (χ4v) is 5.01. The number of thiophene rings is 1. The Morgan fingerprint density at radius 1 is 1.03 bits per heavy atom. The van der Waals surface area contributed by atoms with Crippen LogP contribution in [-0.4, -0.2) is 5.97 Å². The SMILES string of the molecule is CC(C)C(C(=O)OCc1cc(Oc2ccccc2)ccc1F)c1scc2cc(Cl)ccc12. The Labute approximate surface area is 195 Å². The Kier molecular flexibility index (Phi) is 6.77. The van der Waals surface area contributed by atoms with Crippen LogP contribution in [0.2, 0.25) is 5.02 Å². The lowest BCUT2D eigenvalue weighted by Gasteiger charge is -2.19. The fraction of sp³-hybridized carbons (Fsp3) is 0.192. The summed E-state index contributed by atoms with van der Waals surface area (Å²) in [6.45, 7) is 3.78. The normalized spacial score (nSPS) is 12.2. The first-order valence-corrected chi connectivity index (χ1v) is 11.5. The molecule has 0 bridgehead atoms. The predicted octanol–water partition coefficient (Wildman–Crippen LogP) is 7.97. The Morgan fingerprint density at radius 3 is 2.56 bits per heavy atom. The summed E-state index contributed by atoms with van der Waals surface area (Å²) in [4.78, 5) is 14.0. The molecule has 0 N–H and O–H groups in total. The van der Waals surface area contributed by atoms with Crippen LogP contribution >= 0.6 is 22.9 Å². The van der Waals surface area contributed by atoms with Gasteiger partial charge in [0.2, 0.25) is 0 Å². The highest BCUT2D eigenvalue weighted by atomic mass is 35.5. The molecule has 3 aromatic carbocycles. The van der Waals surface area contributed by atoms with Gasteiger partial charge in [0.1, 0.15) is 23.9 Å². The van der Waals surface area contributed by atoms with Gasteiger partial charge in [-0.25, -0.2) is 4.39 Å². The first kappa shape index (κ1) is 22.3. The lowest BCUT2D eigenvalue weighted by Crippen LogP contribution is -2.20. The van der Waals surface area contributed by atoms with Crippen LogP contribution in [0.4, 0.5) is 4.39 Å². The summed E-state index contributed by atoms with van der Waals surface area (Å²) in [5.74, 6) is -0.150. The third-order valence-corrected chi connectivity index (χ3v) is 6.50. The van der Waals surface area contributed by atoms with Gasteiger partial charge >= 0.3 is 5.97 Å². The number of carbonyl (C=O) groups excluding carboxylic acids is 1. The van der Waals surface area contributed by atoms with Gasteiger partial charge in [-0.1, -0.05) is 49.7 Å². The minimum Gasteiger partial charge on any atom is -0.460 e. The van der Waals surface area contributed by atoms with Crippen molar-refractivity contribution in [2.45, 2.75) is 26.4 Å². The van der Waals surface area contributed by atoms with E-state index in [9.17, 15) is 9.18 Å². The highest BCUT2D eigenvalue weighted by molar-refractivity contribution is 7.11. The minimum atomic E-state index is -0.453. The van der Waals surface area contributed by atoms with Crippen molar-refractivity contribution < 1.29 is 18.7 Å². The third kappa shape index (κ3) is 4.95. The molecule has 0 radical (unpaired) electrons. The Bertz CT molecular complexity index is 1240. The highest BCUT2D eigenvalue weighted by Crippen LogP contribution is 2.38. The summed E-state index contributed by atoms with van der Waals surface area (Å²) < 4.78 is 25.7. The van der Waals surface area contributed by atoms with E-state index in [0.29, 0.717) is 16.5 Å². The van der Waals surface area contributed by atoms with Crippen molar-refractivity contribution in [3.63, 3.8) is 0 Å². The molecule has 1 unspecified atom stereocenters. The van der Waals surface area contributed by atoms with Crippen LogP contribution in [0.3, 0.4) is 0 Å². The Morgan fingerprint density at radius 2 is 1.81 bits per heavy atom. The molecule has 0 saturated heterocycles. The fourth-order valence-electron chi connectivity index (χ4n) is 3.56. The summed E-state index contributed by atoms with van der Waals surface area (Å²) in [6, 6.07) is 19.3. The molecular weight excluding hydrogens is 447 g/mol. The summed E-state index contributed by atoms with van der Waals surface area (Å²) in [6.07, 6.45) is 0. The first-order valence-electron chi connectivity index (χ1n) is 10.3. The highest BCUT2D eigenvalue weighted by Gasteiger charge is 2.29. The minimum absolute atomic E-state index is 0.0117. The van der Waals surface area contributed by atoms with Gasteiger partial charge in [0.15, 0.2) is 0 Å². The van der Waals surface area contributed by atoms with Crippen molar-refractivity contribution in [3.8, 4) is 11.5 Å². The summed E-state index contributed by atoms with van der Waals surface area (Å²) >= 11 is 7.61. The molecule has 4 rings (SSSR count). The van der Waals surface area contributed by atoms with Crippen LogP contribution < -0.4 is 4.74 Å². The van der Waals surface area contributed by atoms with Crippen LogP contribution in [-0.2, 0) is 16.1 Å². The predicted molar refractivity (Wildman–Crippen MR) is 127 cm³/mol. The molecule has 0 amide bonds.